The Kier molecular flexibility index (Phi) is 6.17. The molecule has 0 heterocycles. The van der Waals surface area contributed by atoms with Crippen molar-refractivity contribution >= 4 is 22.7 Å². The van der Waals surface area contributed by atoms with Crippen molar-refractivity contribution in [3.8, 4) is 34.1 Å². The van der Waals surface area contributed by atoms with Gasteiger partial charge in [0.1, 0.15) is 23.0 Å². The molecule has 6 aromatic rings. The maximum absolute atomic E-state index is 6.70. The standard InChI is InChI=1S/C37H30N4O2/c38-25-9-3-13-29(21-25)42-27-11-1-7-23(19-27)37(24-8-2-12-28(20-24)43-30-14-4-10-26(39)22-30)31-15-5-17-33(40)35(31)36-32(37)16-6-18-34(36)41/h1-22H,38-41H2. The topological polar surface area (TPSA) is 123 Å². The second-order valence-corrected chi connectivity index (χ2v) is 10.7. The van der Waals surface area contributed by atoms with Gasteiger partial charge in [-0.05, 0) is 82.9 Å². The van der Waals surface area contributed by atoms with E-state index in [0.29, 0.717) is 45.7 Å². The van der Waals surface area contributed by atoms with Gasteiger partial charge in [0.05, 0.1) is 5.41 Å². The largest absolute Gasteiger partial charge is 0.457 e. The summed E-state index contributed by atoms with van der Waals surface area (Å²) in [6, 6.07) is 43.1. The summed E-state index contributed by atoms with van der Waals surface area (Å²) >= 11 is 0. The minimum Gasteiger partial charge on any atom is -0.457 e. The number of hydrogen-bond acceptors (Lipinski definition) is 6. The van der Waals surface area contributed by atoms with Gasteiger partial charge in [0.2, 0.25) is 0 Å². The Morgan fingerprint density at radius 2 is 0.767 bits per heavy atom. The van der Waals surface area contributed by atoms with Crippen LogP contribution in [0, 0.1) is 0 Å². The summed E-state index contributed by atoms with van der Waals surface area (Å²) in [5.74, 6) is 2.67. The zero-order valence-corrected chi connectivity index (χ0v) is 23.3. The highest BCUT2D eigenvalue weighted by atomic mass is 16.5. The van der Waals surface area contributed by atoms with Crippen molar-refractivity contribution in [3.63, 3.8) is 0 Å². The molecule has 1 aliphatic carbocycles. The summed E-state index contributed by atoms with van der Waals surface area (Å²) in [4.78, 5) is 0. The van der Waals surface area contributed by atoms with Crippen LogP contribution < -0.4 is 32.4 Å². The van der Waals surface area contributed by atoms with E-state index in [0.717, 1.165) is 33.4 Å². The Morgan fingerprint density at radius 3 is 1.19 bits per heavy atom. The Labute approximate surface area is 250 Å². The summed E-state index contributed by atoms with van der Waals surface area (Å²) < 4.78 is 12.6. The van der Waals surface area contributed by atoms with Crippen molar-refractivity contribution in [1.82, 2.24) is 0 Å². The number of nitrogens with two attached hydrogens (primary N) is 4. The van der Waals surface area contributed by atoms with Gasteiger partial charge in [0.15, 0.2) is 0 Å². The fourth-order valence-corrected chi connectivity index (χ4v) is 6.27. The number of nitrogen functional groups attached to an aromatic ring is 4. The van der Waals surface area contributed by atoms with Gasteiger partial charge in [-0.2, -0.15) is 0 Å². The van der Waals surface area contributed by atoms with Crippen LogP contribution in [0.2, 0.25) is 0 Å². The first kappa shape index (κ1) is 26.0. The predicted molar refractivity (Wildman–Crippen MR) is 174 cm³/mol. The highest BCUT2D eigenvalue weighted by Gasteiger charge is 2.47. The van der Waals surface area contributed by atoms with Crippen LogP contribution in [0.4, 0.5) is 22.7 Å². The van der Waals surface area contributed by atoms with Gasteiger partial charge >= 0.3 is 0 Å². The number of rotatable bonds is 6. The Balaban J connectivity index is 1.48. The number of benzene rings is 6. The lowest BCUT2D eigenvalue weighted by Gasteiger charge is -2.34. The Morgan fingerprint density at radius 1 is 0.395 bits per heavy atom. The lowest BCUT2D eigenvalue weighted by Crippen LogP contribution is -2.28. The molecule has 0 bridgehead atoms. The molecule has 6 nitrogen and oxygen atoms in total. The molecule has 0 amide bonds. The third-order valence-electron chi connectivity index (χ3n) is 7.97. The quantitative estimate of drug-likeness (QED) is 0.153. The molecule has 0 spiro atoms. The molecule has 0 saturated heterocycles. The molecule has 7 rings (SSSR count). The van der Waals surface area contributed by atoms with E-state index in [1.807, 2.05) is 84.9 Å². The number of ether oxygens (including phenoxy) is 2. The molecule has 0 atom stereocenters. The van der Waals surface area contributed by atoms with E-state index < -0.39 is 5.41 Å². The molecule has 6 aromatic carbocycles. The second-order valence-electron chi connectivity index (χ2n) is 10.7. The first-order valence-corrected chi connectivity index (χ1v) is 14.0. The third-order valence-corrected chi connectivity index (χ3v) is 7.97. The summed E-state index contributed by atoms with van der Waals surface area (Å²) in [5, 5.41) is 0. The molecule has 0 fully saturated rings. The summed E-state index contributed by atoms with van der Waals surface area (Å²) in [5.41, 5.74) is 33.2. The number of fused-ring (bicyclic) bond motifs is 3. The second kappa shape index (κ2) is 10.2. The first-order valence-electron chi connectivity index (χ1n) is 14.0. The van der Waals surface area contributed by atoms with Crippen molar-refractivity contribution in [2.45, 2.75) is 5.41 Å². The molecular formula is C37H30N4O2. The Hall–Kier alpha value is -5.88. The van der Waals surface area contributed by atoms with E-state index in [2.05, 4.69) is 36.4 Å². The van der Waals surface area contributed by atoms with Crippen LogP contribution in [-0.4, -0.2) is 0 Å². The van der Waals surface area contributed by atoms with E-state index in [1.54, 1.807) is 12.1 Å². The van der Waals surface area contributed by atoms with E-state index in [9.17, 15) is 0 Å². The molecule has 210 valence electrons. The normalized spacial score (nSPS) is 12.7. The van der Waals surface area contributed by atoms with Crippen LogP contribution in [0.1, 0.15) is 22.3 Å². The van der Waals surface area contributed by atoms with Crippen molar-refractivity contribution in [2.75, 3.05) is 22.9 Å². The highest BCUT2D eigenvalue weighted by molar-refractivity contribution is 5.97. The van der Waals surface area contributed by atoms with Crippen LogP contribution >= 0.6 is 0 Å². The van der Waals surface area contributed by atoms with E-state index in [4.69, 9.17) is 32.4 Å². The van der Waals surface area contributed by atoms with Gasteiger partial charge in [-0.3, -0.25) is 0 Å². The molecule has 6 heteroatoms. The van der Waals surface area contributed by atoms with Crippen LogP contribution in [0.3, 0.4) is 0 Å². The van der Waals surface area contributed by atoms with Crippen molar-refractivity contribution in [1.29, 1.82) is 0 Å². The fourth-order valence-electron chi connectivity index (χ4n) is 6.27. The fraction of sp³-hybridized carbons (Fsp3) is 0.0270. The number of anilines is 4. The van der Waals surface area contributed by atoms with Gasteiger partial charge in [-0.25, -0.2) is 0 Å². The maximum Gasteiger partial charge on any atom is 0.129 e. The van der Waals surface area contributed by atoms with Gasteiger partial charge in [0, 0.05) is 46.0 Å². The van der Waals surface area contributed by atoms with E-state index in [-0.39, 0.29) is 0 Å². The molecule has 8 N–H and O–H groups in total. The zero-order valence-electron chi connectivity index (χ0n) is 23.3. The van der Waals surface area contributed by atoms with Crippen molar-refractivity contribution < 1.29 is 9.47 Å². The molecule has 1 aliphatic rings. The van der Waals surface area contributed by atoms with E-state index in [1.165, 1.54) is 0 Å². The van der Waals surface area contributed by atoms with Gasteiger partial charge in [-0.15, -0.1) is 0 Å². The van der Waals surface area contributed by atoms with Gasteiger partial charge < -0.3 is 32.4 Å². The molecule has 0 aromatic heterocycles. The lowest BCUT2D eigenvalue weighted by atomic mass is 9.67. The summed E-state index contributed by atoms with van der Waals surface area (Å²) in [6.07, 6.45) is 0. The number of hydrogen-bond donors (Lipinski definition) is 4. The highest BCUT2D eigenvalue weighted by Crippen LogP contribution is 2.59. The average Bonchev–Trinajstić information content (AvgIpc) is 3.31. The maximum atomic E-state index is 6.70. The smallest absolute Gasteiger partial charge is 0.129 e. The molecule has 0 aliphatic heterocycles. The molecular weight excluding hydrogens is 532 g/mol. The monoisotopic (exact) mass is 562 g/mol. The molecule has 0 unspecified atom stereocenters. The average molecular weight is 563 g/mol. The predicted octanol–water partition coefficient (Wildman–Crippen LogP) is 7.96. The van der Waals surface area contributed by atoms with Crippen LogP contribution in [0.25, 0.3) is 11.1 Å². The summed E-state index contributed by atoms with van der Waals surface area (Å²) in [6.45, 7) is 0. The molecule has 0 radical (unpaired) electrons. The zero-order chi connectivity index (χ0) is 29.6. The minimum absolute atomic E-state index is 0.631. The van der Waals surface area contributed by atoms with E-state index >= 15 is 0 Å². The van der Waals surface area contributed by atoms with Gasteiger partial charge in [-0.1, -0.05) is 60.7 Å². The van der Waals surface area contributed by atoms with Gasteiger partial charge in [0.25, 0.3) is 0 Å². The van der Waals surface area contributed by atoms with Crippen LogP contribution in [-0.2, 0) is 5.41 Å². The third kappa shape index (κ3) is 4.37. The molecule has 43 heavy (non-hydrogen) atoms. The van der Waals surface area contributed by atoms with Crippen LogP contribution in [0.5, 0.6) is 23.0 Å². The van der Waals surface area contributed by atoms with Crippen molar-refractivity contribution in [3.05, 3.63) is 156 Å². The Bertz CT molecular complexity index is 1860. The minimum atomic E-state index is -0.778. The summed E-state index contributed by atoms with van der Waals surface area (Å²) in [7, 11) is 0. The molecule has 0 saturated carbocycles. The van der Waals surface area contributed by atoms with Crippen LogP contribution in [0.15, 0.2) is 133 Å². The first-order chi connectivity index (χ1) is 20.9. The lowest BCUT2D eigenvalue weighted by molar-refractivity contribution is 0.480. The van der Waals surface area contributed by atoms with Crippen molar-refractivity contribution in [2.24, 2.45) is 0 Å². The SMILES string of the molecule is Nc1cccc(Oc2cccc(C3(c4cccc(Oc5cccc(N)c5)c4)c4cccc(N)c4-c4c(N)cccc43)c2)c1.